The number of ether oxygens (including phenoxy) is 2. The summed E-state index contributed by atoms with van der Waals surface area (Å²) in [5, 5.41) is 11.3. The van der Waals surface area contributed by atoms with Crippen LogP contribution in [0.15, 0.2) is 64.4 Å². The molecule has 0 radical (unpaired) electrons. The number of aryl methyl sites for hydroxylation is 1. The molecule has 3 aromatic rings. The van der Waals surface area contributed by atoms with Crippen LogP contribution in [0, 0.1) is 6.92 Å². The van der Waals surface area contributed by atoms with Gasteiger partial charge in [-0.2, -0.15) is 16.4 Å². The van der Waals surface area contributed by atoms with Crippen LogP contribution in [0.25, 0.3) is 0 Å². The number of rotatable bonds is 3. The van der Waals surface area contributed by atoms with Crippen molar-refractivity contribution < 1.29 is 9.47 Å². The van der Waals surface area contributed by atoms with E-state index in [-0.39, 0.29) is 12.3 Å². The van der Waals surface area contributed by atoms with Gasteiger partial charge in [0.1, 0.15) is 0 Å². The second-order valence-electron chi connectivity index (χ2n) is 6.92. The van der Waals surface area contributed by atoms with Gasteiger partial charge in [-0.25, -0.2) is 5.01 Å². The van der Waals surface area contributed by atoms with Crippen molar-refractivity contribution in [3.05, 3.63) is 81.5 Å². The van der Waals surface area contributed by atoms with Crippen molar-refractivity contribution in [1.29, 1.82) is 0 Å². The number of thiophene rings is 1. The lowest BCUT2D eigenvalue weighted by Crippen LogP contribution is -2.33. The van der Waals surface area contributed by atoms with Crippen molar-refractivity contribution >= 4 is 17.0 Å². The number of hydrazone groups is 1. The molecule has 0 N–H and O–H groups in total. The maximum Gasteiger partial charge on any atom is 0.214 e. The van der Waals surface area contributed by atoms with Crippen LogP contribution in [-0.4, -0.2) is 17.8 Å². The lowest BCUT2D eigenvalue weighted by molar-refractivity contribution is -0.0206. The summed E-state index contributed by atoms with van der Waals surface area (Å²) in [6.45, 7) is 2.10. The Balaban J connectivity index is 1.61. The maximum atomic E-state index is 6.42. The maximum absolute atomic E-state index is 6.42. The number of para-hydroxylation sites is 1. The molecule has 2 aliphatic heterocycles. The predicted octanol–water partition coefficient (Wildman–Crippen LogP) is 5.31. The summed E-state index contributed by atoms with van der Waals surface area (Å²) in [6.07, 6.45) is 0.612. The van der Waals surface area contributed by atoms with E-state index in [4.69, 9.17) is 14.6 Å². The Morgan fingerprint density at radius 2 is 2.00 bits per heavy atom. The molecule has 0 amide bonds. The van der Waals surface area contributed by atoms with Gasteiger partial charge in [-0.1, -0.05) is 42.0 Å². The minimum atomic E-state index is -0.243. The molecular formula is C22H20N2O2S. The highest BCUT2D eigenvalue weighted by molar-refractivity contribution is 7.07. The molecule has 4 nitrogen and oxygen atoms in total. The first-order valence-electron chi connectivity index (χ1n) is 9.03. The first-order valence-corrected chi connectivity index (χ1v) is 9.97. The van der Waals surface area contributed by atoms with Crippen LogP contribution in [0.2, 0.25) is 0 Å². The van der Waals surface area contributed by atoms with Crippen LogP contribution < -0.4 is 9.47 Å². The van der Waals surface area contributed by atoms with Gasteiger partial charge in [-0.05, 0) is 35.4 Å². The highest BCUT2D eigenvalue weighted by atomic mass is 32.1. The van der Waals surface area contributed by atoms with Gasteiger partial charge in [-0.15, -0.1) is 0 Å². The molecule has 136 valence electrons. The number of hydrogen-bond acceptors (Lipinski definition) is 5. The smallest absolute Gasteiger partial charge is 0.214 e. The summed E-state index contributed by atoms with van der Waals surface area (Å²) in [7, 11) is 1.69. The summed E-state index contributed by atoms with van der Waals surface area (Å²) in [5.41, 5.74) is 5.77. The average molecular weight is 376 g/mol. The quantitative estimate of drug-likeness (QED) is 0.621. The van der Waals surface area contributed by atoms with E-state index in [1.165, 1.54) is 11.1 Å². The third kappa shape index (κ3) is 2.70. The first-order chi connectivity index (χ1) is 13.2. The summed E-state index contributed by atoms with van der Waals surface area (Å²) in [4.78, 5) is 0. The van der Waals surface area contributed by atoms with Gasteiger partial charge in [0.25, 0.3) is 0 Å². The van der Waals surface area contributed by atoms with Gasteiger partial charge >= 0.3 is 0 Å². The predicted molar refractivity (Wildman–Crippen MR) is 108 cm³/mol. The zero-order valence-electron chi connectivity index (χ0n) is 15.3. The van der Waals surface area contributed by atoms with Crippen LogP contribution in [0.1, 0.15) is 40.9 Å². The second-order valence-corrected chi connectivity index (χ2v) is 7.70. The molecule has 0 fully saturated rings. The van der Waals surface area contributed by atoms with E-state index in [2.05, 4.69) is 59.1 Å². The van der Waals surface area contributed by atoms with Gasteiger partial charge in [0.2, 0.25) is 6.23 Å². The largest absolute Gasteiger partial charge is 0.493 e. The van der Waals surface area contributed by atoms with E-state index in [9.17, 15) is 0 Å². The molecule has 0 bridgehead atoms. The Labute approximate surface area is 162 Å². The Morgan fingerprint density at radius 3 is 2.74 bits per heavy atom. The lowest BCUT2D eigenvalue weighted by atomic mass is 9.95. The van der Waals surface area contributed by atoms with Crippen LogP contribution in [0.5, 0.6) is 11.5 Å². The fraction of sp³-hybridized carbons (Fsp3) is 0.227. The van der Waals surface area contributed by atoms with E-state index in [0.29, 0.717) is 0 Å². The summed E-state index contributed by atoms with van der Waals surface area (Å²) >= 11 is 1.67. The van der Waals surface area contributed by atoms with E-state index in [1.54, 1.807) is 18.4 Å². The normalized spacial score (nSPS) is 20.5. The Hall–Kier alpha value is -2.79. The standard InChI is InChI=1S/C22H20N2O2S/c1-14-6-8-15(9-7-14)18-12-19-17-4-3-5-20(25-2)21(17)26-22(24(19)23-18)16-10-11-27-13-16/h3-11,13,19,22H,12H2,1-2H3/t19-,22+/m0/s1. The third-order valence-electron chi connectivity index (χ3n) is 5.21. The van der Waals surface area contributed by atoms with Crippen LogP contribution in [-0.2, 0) is 0 Å². The fourth-order valence-corrected chi connectivity index (χ4v) is 4.47. The van der Waals surface area contributed by atoms with Gasteiger partial charge < -0.3 is 9.47 Å². The zero-order chi connectivity index (χ0) is 18.4. The molecule has 3 heterocycles. The molecule has 0 spiro atoms. The molecular weight excluding hydrogens is 356 g/mol. The molecule has 2 aliphatic rings. The fourth-order valence-electron chi connectivity index (χ4n) is 3.80. The Morgan fingerprint density at radius 1 is 1.15 bits per heavy atom. The summed E-state index contributed by atoms with van der Waals surface area (Å²) < 4.78 is 12.0. The number of nitrogens with zero attached hydrogens (tertiary/aromatic N) is 2. The van der Waals surface area contributed by atoms with Gasteiger partial charge in [0.15, 0.2) is 11.5 Å². The van der Waals surface area contributed by atoms with Crippen molar-refractivity contribution in [2.45, 2.75) is 25.6 Å². The van der Waals surface area contributed by atoms with Gasteiger partial charge in [-0.3, -0.25) is 0 Å². The van der Waals surface area contributed by atoms with E-state index < -0.39 is 0 Å². The SMILES string of the molecule is COc1cccc2c1O[C@H](c1ccsc1)N1N=C(c3ccc(C)cc3)C[C@@H]21. The first kappa shape index (κ1) is 16.4. The van der Waals surface area contributed by atoms with Crippen molar-refractivity contribution in [2.75, 3.05) is 7.11 Å². The molecule has 0 saturated carbocycles. The Kier molecular flexibility index (Phi) is 3.90. The van der Waals surface area contributed by atoms with E-state index in [0.717, 1.165) is 34.8 Å². The number of fused-ring (bicyclic) bond motifs is 3. The monoisotopic (exact) mass is 376 g/mol. The Bertz CT molecular complexity index is 996. The molecule has 1 aromatic heterocycles. The molecule has 27 heavy (non-hydrogen) atoms. The molecule has 0 saturated heterocycles. The van der Waals surface area contributed by atoms with E-state index in [1.807, 2.05) is 12.1 Å². The van der Waals surface area contributed by atoms with Gasteiger partial charge in [0, 0.05) is 17.5 Å². The molecule has 0 aliphatic carbocycles. The van der Waals surface area contributed by atoms with Crippen LogP contribution >= 0.6 is 11.3 Å². The molecule has 5 heteroatoms. The third-order valence-corrected chi connectivity index (χ3v) is 5.91. The summed E-state index contributed by atoms with van der Waals surface area (Å²) in [5.74, 6) is 1.61. The molecule has 2 atom stereocenters. The second kappa shape index (κ2) is 6.43. The number of benzene rings is 2. The lowest BCUT2D eigenvalue weighted by Gasteiger charge is -2.38. The van der Waals surface area contributed by atoms with Crippen molar-refractivity contribution in [2.24, 2.45) is 5.10 Å². The van der Waals surface area contributed by atoms with Crippen LogP contribution in [0.3, 0.4) is 0 Å². The van der Waals surface area contributed by atoms with Gasteiger partial charge in [0.05, 0.1) is 18.9 Å². The van der Waals surface area contributed by atoms with Crippen molar-refractivity contribution in [3.63, 3.8) is 0 Å². The van der Waals surface area contributed by atoms with Crippen molar-refractivity contribution in [3.8, 4) is 11.5 Å². The average Bonchev–Trinajstić information content (AvgIpc) is 3.37. The highest BCUT2D eigenvalue weighted by Gasteiger charge is 2.42. The van der Waals surface area contributed by atoms with E-state index >= 15 is 0 Å². The van der Waals surface area contributed by atoms with Crippen LogP contribution in [0.4, 0.5) is 0 Å². The molecule has 5 rings (SSSR count). The number of methoxy groups -OCH3 is 1. The van der Waals surface area contributed by atoms with Crippen molar-refractivity contribution in [1.82, 2.24) is 5.01 Å². The zero-order valence-corrected chi connectivity index (χ0v) is 16.1. The number of hydrogen-bond donors (Lipinski definition) is 0. The molecule has 0 unspecified atom stereocenters. The minimum Gasteiger partial charge on any atom is -0.493 e. The highest BCUT2D eigenvalue weighted by Crippen LogP contribution is 2.50. The summed E-state index contributed by atoms with van der Waals surface area (Å²) in [6, 6.07) is 16.9. The molecule has 2 aromatic carbocycles. The topological polar surface area (TPSA) is 34.1 Å². The minimum absolute atomic E-state index is 0.144.